The molecule has 508 valence electrons. The SMILES string of the molecule is Cc1cc(C)c(NC(=O)N2CCN(CC3OC(OC4C(N)CC(N)C(OC5OC(CN)C(O)CC5N)C4O)C(O)C(N)C3O)CC2)c(C)c1NC(=O)N1CCN(CC2OC(OC3C(N)CC(N)C(OC4OC(CN)C(O)CC4N)C3O)C(O)C(N)C2O)CC1. The largest absolute Gasteiger partial charge is 0.390 e. The van der Waals surface area contributed by atoms with Crippen LogP contribution in [0.2, 0.25) is 0 Å². The van der Waals surface area contributed by atoms with Gasteiger partial charge in [-0.1, -0.05) is 6.07 Å². The molecule has 28 unspecified atom stereocenters. The van der Waals surface area contributed by atoms with Gasteiger partial charge in [0.2, 0.25) is 0 Å². The molecule has 1 aromatic rings. The highest BCUT2D eigenvalue weighted by Crippen LogP contribution is 2.36. The summed E-state index contributed by atoms with van der Waals surface area (Å²) in [7, 11) is 0. The minimum absolute atomic E-state index is 0.00817. The molecule has 34 heteroatoms. The minimum atomic E-state index is -1.52. The molecule has 0 spiro atoms. The van der Waals surface area contributed by atoms with E-state index in [0.717, 1.165) is 11.1 Å². The van der Waals surface area contributed by atoms with Gasteiger partial charge in [0.15, 0.2) is 25.2 Å². The van der Waals surface area contributed by atoms with Crippen molar-refractivity contribution in [2.75, 3.05) is 89.2 Å². The van der Waals surface area contributed by atoms with Crippen molar-refractivity contribution in [3.8, 4) is 0 Å². The molecule has 0 bridgehead atoms. The number of amides is 4. The highest BCUT2D eigenvalue weighted by molar-refractivity contribution is 5.96. The van der Waals surface area contributed by atoms with Crippen LogP contribution in [-0.2, 0) is 37.9 Å². The summed E-state index contributed by atoms with van der Waals surface area (Å²) in [4.78, 5) is 35.2. The van der Waals surface area contributed by atoms with E-state index in [1.54, 1.807) is 9.80 Å². The second-order valence-corrected chi connectivity index (χ2v) is 25.5. The Kier molecular flexibility index (Phi) is 23.5. The summed E-state index contributed by atoms with van der Waals surface area (Å²) in [5.74, 6) is 0. The van der Waals surface area contributed by atoms with Crippen LogP contribution in [0.15, 0.2) is 6.07 Å². The number of benzene rings is 1. The predicted octanol–water partition coefficient (Wildman–Crippen LogP) is -9.64. The van der Waals surface area contributed by atoms with Crippen molar-refractivity contribution < 1.29 is 88.3 Å². The maximum atomic E-state index is 13.9. The average molecular weight is 1270 g/mol. The number of anilines is 2. The van der Waals surface area contributed by atoms with Gasteiger partial charge in [0.05, 0.1) is 72.2 Å². The van der Waals surface area contributed by atoms with E-state index < -0.39 is 171 Å². The topological polar surface area (TPSA) is 567 Å². The quantitative estimate of drug-likeness (QED) is 0.0731. The zero-order valence-corrected chi connectivity index (χ0v) is 50.8. The molecule has 0 aromatic heterocycles. The Morgan fingerprint density at radius 3 is 1.09 bits per heavy atom. The number of rotatable bonds is 16. The summed E-state index contributed by atoms with van der Waals surface area (Å²) in [5, 5.41) is 94.7. The standard InChI is InChI=1S/C55H100N16O18/c1-21-12-22(2)39(67-55(81)71-10-6-69(7-11-71)20-35-41(75)37(65)43(77)53(85-35)89-49-27(61)14-25(59)47(45(49)79)87-51-29(63)16-31(73)33(18-57)83-51)23(3)38(21)66-54(80)70-8-4-68(5-9-70)19-34-40(74)36(64)42(76)52(84-34)88-48-26(60)13-24(58)46(44(48)78)86-50-28(62)15-30(72)32(17-56)82-50/h12,24-37,40-53,72-79H,4-11,13-20,56-65H2,1-3H3,(H,66,80)(H,67,81). The summed E-state index contributed by atoms with van der Waals surface area (Å²) in [6.07, 6.45) is -22.7. The van der Waals surface area contributed by atoms with Gasteiger partial charge in [-0.3, -0.25) is 9.80 Å². The van der Waals surface area contributed by atoms with E-state index >= 15 is 0 Å². The number of aliphatic hydroxyl groups is 8. The van der Waals surface area contributed by atoms with E-state index in [-0.39, 0.29) is 63.9 Å². The summed E-state index contributed by atoms with van der Waals surface area (Å²) in [6, 6.07) is -5.95. The van der Waals surface area contributed by atoms with Gasteiger partial charge in [0, 0.05) is 103 Å². The third-order valence-corrected chi connectivity index (χ3v) is 19.1. The molecule has 8 aliphatic rings. The first-order valence-electron chi connectivity index (χ1n) is 31.0. The smallest absolute Gasteiger partial charge is 0.321 e. The third-order valence-electron chi connectivity index (χ3n) is 19.1. The van der Waals surface area contributed by atoms with Gasteiger partial charge < -0.3 is 157 Å². The highest BCUT2D eigenvalue weighted by Gasteiger charge is 2.53. The molecule has 89 heavy (non-hydrogen) atoms. The van der Waals surface area contributed by atoms with Crippen LogP contribution in [0.1, 0.15) is 42.4 Å². The molecule has 30 N–H and O–H groups in total. The van der Waals surface area contributed by atoms with Crippen molar-refractivity contribution in [2.24, 2.45) is 57.3 Å². The number of carbonyl (C=O) groups is 2. The first-order chi connectivity index (χ1) is 42.2. The first-order valence-corrected chi connectivity index (χ1v) is 31.0. The minimum Gasteiger partial charge on any atom is -0.390 e. The lowest BCUT2D eigenvalue weighted by atomic mass is 9.84. The van der Waals surface area contributed by atoms with Crippen LogP contribution in [0, 0.1) is 20.8 Å². The van der Waals surface area contributed by atoms with Crippen molar-refractivity contribution >= 4 is 23.4 Å². The Bertz CT molecular complexity index is 2340. The molecule has 34 nitrogen and oxygen atoms in total. The summed E-state index contributed by atoms with van der Waals surface area (Å²) in [6.45, 7) is 8.57. The summed E-state index contributed by atoms with van der Waals surface area (Å²) in [5.41, 5.74) is 65.7. The Morgan fingerprint density at radius 2 is 0.764 bits per heavy atom. The van der Waals surface area contributed by atoms with E-state index in [4.69, 9.17) is 95.2 Å². The highest BCUT2D eigenvalue weighted by atomic mass is 16.7. The van der Waals surface area contributed by atoms with E-state index in [1.807, 2.05) is 36.6 Å². The Morgan fingerprint density at radius 1 is 0.449 bits per heavy atom. The molecule has 6 aliphatic heterocycles. The van der Waals surface area contributed by atoms with Gasteiger partial charge in [-0.15, -0.1) is 0 Å². The van der Waals surface area contributed by atoms with Crippen molar-refractivity contribution in [2.45, 2.75) is 218 Å². The van der Waals surface area contributed by atoms with Gasteiger partial charge in [0.25, 0.3) is 0 Å². The van der Waals surface area contributed by atoms with Crippen LogP contribution in [0.3, 0.4) is 0 Å². The molecular formula is C55H100N16O18. The number of ether oxygens (including phenoxy) is 8. The molecule has 4 amide bonds. The number of nitrogens with two attached hydrogens (primary N) is 10. The van der Waals surface area contributed by atoms with Crippen LogP contribution in [0.4, 0.5) is 21.0 Å². The lowest BCUT2D eigenvalue weighted by molar-refractivity contribution is -0.313. The second-order valence-electron chi connectivity index (χ2n) is 25.5. The lowest BCUT2D eigenvalue weighted by Crippen LogP contribution is -2.68. The molecule has 2 aliphatic carbocycles. The van der Waals surface area contributed by atoms with Crippen molar-refractivity contribution in [1.82, 2.24) is 19.6 Å². The first kappa shape index (κ1) is 70.0. The number of nitrogens with one attached hydrogen (secondary N) is 2. The average Bonchev–Trinajstić information content (AvgIpc) is 1.56. The van der Waals surface area contributed by atoms with E-state index in [9.17, 15) is 50.4 Å². The number of piperazine rings is 2. The summed E-state index contributed by atoms with van der Waals surface area (Å²) < 4.78 is 48.5. The third kappa shape index (κ3) is 15.6. The number of hydrogen-bond acceptors (Lipinski definition) is 30. The molecule has 6 heterocycles. The van der Waals surface area contributed by atoms with Crippen LogP contribution in [0.5, 0.6) is 0 Å². The van der Waals surface area contributed by atoms with Crippen LogP contribution in [0.25, 0.3) is 0 Å². The molecule has 9 rings (SSSR count). The fourth-order valence-electron chi connectivity index (χ4n) is 13.6. The fourth-order valence-corrected chi connectivity index (χ4v) is 13.6. The molecule has 2 saturated carbocycles. The maximum Gasteiger partial charge on any atom is 0.321 e. The zero-order chi connectivity index (χ0) is 64.6. The number of aliphatic hydroxyl groups excluding tert-OH is 8. The van der Waals surface area contributed by atoms with E-state index in [0.29, 0.717) is 69.3 Å². The monoisotopic (exact) mass is 1270 g/mol. The Balaban J connectivity index is 0.738. The number of hydrogen-bond donors (Lipinski definition) is 20. The molecule has 8 fully saturated rings. The fraction of sp³-hybridized carbons (Fsp3) is 0.855. The zero-order valence-electron chi connectivity index (χ0n) is 50.8. The molecule has 0 radical (unpaired) electrons. The van der Waals surface area contributed by atoms with Gasteiger partial charge >= 0.3 is 12.1 Å². The molecular weight excluding hydrogens is 1170 g/mol. The molecule has 1 aromatic carbocycles. The Labute approximate surface area is 516 Å². The van der Waals surface area contributed by atoms with Gasteiger partial charge in [-0.2, -0.15) is 0 Å². The second kappa shape index (κ2) is 29.9. The molecule has 6 saturated heterocycles. The Hall–Kier alpha value is -3.36. The van der Waals surface area contributed by atoms with E-state index in [1.165, 1.54) is 0 Å². The van der Waals surface area contributed by atoms with Gasteiger partial charge in [0.1, 0.15) is 61.0 Å². The van der Waals surface area contributed by atoms with Crippen LogP contribution < -0.4 is 68.0 Å². The molecule has 28 atom stereocenters. The lowest BCUT2D eigenvalue weighted by Gasteiger charge is -2.48. The van der Waals surface area contributed by atoms with Crippen molar-refractivity contribution in [3.05, 3.63) is 22.8 Å². The van der Waals surface area contributed by atoms with Crippen molar-refractivity contribution in [1.29, 1.82) is 0 Å². The number of nitrogens with zero attached hydrogens (tertiary/aromatic N) is 4. The number of urea groups is 2. The predicted molar refractivity (Wildman–Crippen MR) is 317 cm³/mol. The maximum absolute atomic E-state index is 13.9. The van der Waals surface area contributed by atoms with Crippen LogP contribution >= 0.6 is 0 Å². The van der Waals surface area contributed by atoms with E-state index in [2.05, 4.69) is 10.6 Å². The number of carbonyl (C=O) groups excluding carboxylic acids is 2. The normalized spacial score (nSPS) is 43.8. The van der Waals surface area contributed by atoms with Gasteiger partial charge in [-0.25, -0.2) is 9.59 Å². The van der Waals surface area contributed by atoms with Crippen LogP contribution in [-0.4, -0.2) is 322 Å². The summed E-state index contributed by atoms with van der Waals surface area (Å²) >= 11 is 0. The van der Waals surface area contributed by atoms with Crippen molar-refractivity contribution in [3.63, 3.8) is 0 Å². The number of aryl methyl sites for hydroxylation is 2. The van der Waals surface area contributed by atoms with Gasteiger partial charge in [-0.05, 0) is 63.1 Å².